The molecule has 104 valence electrons. The summed E-state index contributed by atoms with van der Waals surface area (Å²) < 4.78 is 10.5. The lowest BCUT2D eigenvalue weighted by Crippen LogP contribution is -2.34. The van der Waals surface area contributed by atoms with Crippen LogP contribution in [0.25, 0.3) is 10.8 Å². The van der Waals surface area contributed by atoms with E-state index in [9.17, 15) is 4.79 Å². The Hall–Kier alpha value is -1.94. The van der Waals surface area contributed by atoms with E-state index in [4.69, 9.17) is 16.3 Å². The van der Waals surface area contributed by atoms with E-state index in [1.807, 2.05) is 30.3 Å². The van der Waals surface area contributed by atoms with Crippen molar-refractivity contribution in [2.24, 2.45) is 0 Å². The van der Waals surface area contributed by atoms with Crippen LogP contribution in [0.2, 0.25) is 5.02 Å². The van der Waals surface area contributed by atoms with Crippen LogP contribution in [0.4, 0.5) is 4.79 Å². The van der Waals surface area contributed by atoms with Gasteiger partial charge in [0.25, 0.3) is 0 Å². The van der Waals surface area contributed by atoms with Gasteiger partial charge in [0.05, 0.1) is 13.7 Å². The van der Waals surface area contributed by atoms with Gasteiger partial charge in [-0.05, 0) is 6.07 Å². The molecule has 5 heteroatoms. The van der Waals surface area contributed by atoms with Crippen LogP contribution in [0, 0.1) is 0 Å². The summed E-state index contributed by atoms with van der Waals surface area (Å²) in [6, 6.07) is 9.82. The average Bonchev–Trinajstić information content (AvgIpc) is 2.88. The molecule has 0 saturated heterocycles. The largest absolute Gasteiger partial charge is 0.487 e. The van der Waals surface area contributed by atoms with Gasteiger partial charge >= 0.3 is 6.09 Å². The molecule has 1 amide bonds. The molecule has 0 spiro atoms. The van der Waals surface area contributed by atoms with Gasteiger partial charge in [-0.25, -0.2) is 4.79 Å². The first-order chi connectivity index (χ1) is 9.69. The molecule has 1 heterocycles. The molecule has 4 nitrogen and oxygen atoms in total. The first kappa shape index (κ1) is 13.1. The van der Waals surface area contributed by atoms with Gasteiger partial charge in [-0.3, -0.25) is 0 Å². The summed E-state index contributed by atoms with van der Waals surface area (Å²) in [5.41, 5.74) is 1.07. The highest BCUT2D eigenvalue weighted by atomic mass is 35.5. The van der Waals surface area contributed by atoms with E-state index in [-0.39, 0.29) is 6.10 Å². The van der Waals surface area contributed by atoms with Crippen LogP contribution in [0.1, 0.15) is 5.56 Å². The number of halogens is 1. The topological polar surface area (TPSA) is 47.6 Å². The lowest BCUT2D eigenvalue weighted by atomic mass is 10.0. The number of carbonyl (C=O) groups is 1. The van der Waals surface area contributed by atoms with Crippen LogP contribution in [0.15, 0.2) is 30.3 Å². The quantitative estimate of drug-likeness (QED) is 0.924. The van der Waals surface area contributed by atoms with Crippen molar-refractivity contribution in [1.29, 1.82) is 0 Å². The minimum Gasteiger partial charge on any atom is -0.487 e. The Morgan fingerprint density at radius 2 is 2.20 bits per heavy atom. The van der Waals surface area contributed by atoms with Gasteiger partial charge in [0.1, 0.15) is 11.9 Å². The van der Waals surface area contributed by atoms with E-state index in [2.05, 4.69) is 10.1 Å². The number of ether oxygens (including phenoxy) is 2. The van der Waals surface area contributed by atoms with Crippen molar-refractivity contribution in [3.8, 4) is 5.75 Å². The molecule has 0 aliphatic carbocycles. The fourth-order valence-electron chi connectivity index (χ4n) is 2.49. The van der Waals surface area contributed by atoms with E-state index in [1.165, 1.54) is 7.11 Å². The minimum atomic E-state index is -0.451. The average molecular weight is 292 g/mol. The molecular formula is C15H14ClNO3. The van der Waals surface area contributed by atoms with Crippen molar-refractivity contribution in [3.63, 3.8) is 0 Å². The van der Waals surface area contributed by atoms with Gasteiger partial charge in [-0.1, -0.05) is 35.9 Å². The third-order valence-electron chi connectivity index (χ3n) is 3.41. The number of hydrogen-bond donors (Lipinski definition) is 1. The fraction of sp³-hybridized carbons (Fsp3) is 0.267. The van der Waals surface area contributed by atoms with Crippen LogP contribution in [0.5, 0.6) is 5.75 Å². The highest BCUT2D eigenvalue weighted by Gasteiger charge is 2.26. The normalized spacial score (nSPS) is 16.6. The van der Waals surface area contributed by atoms with Gasteiger partial charge in [-0.15, -0.1) is 0 Å². The van der Waals surface area contributed by atoms with Gasteiger partial charge in [0, 0.05) is 27.8 Å². The molecule has 1 unspecified atom stereocenters. The molecule has 3 rings (SSSR count). The second kappa shape index (κ2) is 5.21. The predicted molar refractivity (Wildman–Crippen MR) is 77.5 cm³/mol. The molecule has 0 fully saturated rings. The van der Waals surface area contributed by atoms with E-state index >= 15 is 0 Å². The molecule has 1 N–H and O–H groups in total. The van der Waals surface area contributed by atoms with E-state index < -0.39 is 6.09 Å². The number of benzene rings is 2. The Bertz CT molecular complexity index is 671. The molecule has 2 aromatic carbocycles. The maximum Gasteiger partial charge on any atom is 0.406 e. The standard InChI is InChI=1S/C15H14ClNO3/c1-19-15(18)17-8-10-6-9-7-13(16)11-4-2-3-5-12(11)14(9)20-10/h2-5,7,10H,6,8H2,1H3,(H,17,18). The summed E-state index contributed by atoms with van der Waals surface area (Å²) in [5, 5.41) is 5.37. The van der Waals surface area contributed by atoms with Crippen molar-refractivity contribution >= 4 is 28.5 Å². The zero-order chi connectivity index (χ0) is 14.1. The molecule has 0 bridgehead atoms. The third-order valence-corrected chi connectivity index (χ3v) is 3.73. The van der Waals surface area contributed by atoms with Crippen molar-refractivity contribution < 1.29 is 14.3 Å². The molecule has 1 atom stereocenters. The van der Waals surface area contributed by atoms with E-state index in [0.29, 0.717) is 6.54 Å². The molecule has 0 radical (unpaired) electrons. The summed E-state index contributed by atoms with van der Waals surface area (Å²) in [6.45, 7) is 0.410. The molecule has 2 aromatic rings. The summed E-state index contributed by atoms with van der Waals surface area (Å²) in [4.78, 5) is 11.1. The van der Waals surface area contributed by atoms with Gasteiger partial charge in [0.2, 0.25) is 0 Å². The first-order valence-corrected chi connectivity index (χ1v) is 6.75. The highest BCUT2D eigenvalue weighted by molar-refractivity contribution is 6.36. The number of rotatable bonds is 2. The second-order valence-corrected chi connectivity index (χ2v) is 5.12. The predicted octanol–water partition coefficient (Wildman–Crippen LogP) is 3.15. The molecule has 1 aliphatic heterocycles. The Kier molecular flexibility index (Phi) is 3.40. The lowest BCUT2D eigenvalue weighted by molar-refractivity contribution is 0.161. The number of methoxy groups -OCH3 is 1. The number of carbonyl (C=O) groups excluding carboxylic acids is 1. The van der Waals surface area contributed by atoms with Crippen molar-refractivity contribution in [3.05, 3.63) is 40.9 Å². The summed E-state index contributed by atoms with van der Waals surface area (Å²) >= 11 is 6.29. The third kappa shape index (κ3) is 2.27. The summed E-state index contributed by atoms with van der Waals surface area (Å²) in [5.74, 6) is 0.863. The molecule has 0 saturated carbocycles. The number of amides is 1. The number of fused-ring (bicyclic) bond motifs is 3. The maximum atomic E-state index is 11.1. The minimum absolute atomic E-state index is 0.0917. The Morgan fingerprint density at radius 1 is 1.45 bits per heavy atom. The fourth-order valence-corrected chi connectivity index (χ4v) is 2.78. The van der Waals surface area contributed by atoms with Gasteiger partial charge in [0.15, 0.2) is 0 Å². The van der Waals surface area contributed by atoms with Crippen molar-refractivity contribution in [2.45, 2.75) is 12.5 Å². The molecule has 20 heavy (non-hydrogen) atoms. The SMILES string of the molecule is COC(=O)NCC1Cc2cc(Cl)c3ccccc3c2O1. The van der Waals surface area contributed by atoms with E-state index in [1.54, 1.807) is 0 Å². The Labute approximate surface area is 121 Å². The smallest absolute Gasteiger partial charge is 0.406 e. The summed E-state index contributed by atoms with van der Waals surface area (Å²) in [6.07, 6.45) is 0.183. The highest BCUT2D eigenvalue weighted by Crippen LogP contribution is 2.39. The number of nitrogens with one attached hydrogen (secondary N) is 1. The zero-order valence-electron chi connectivity index (χ0n) is 11.0. The zero-order valence-corrected chi connectivity index (χ0v) is 11.7. The monoisotopic (exact) mass is 291 g/mol. The van der Waals surface area contributed by atoms with Crippen molar-refractivity contribution in [1.82, 2.24) is 5.32 Å². The molecule has 1 aliphatic rings. The molecular weight excluding hydrogens is 278 g/mol. The Balaban J connectivity index is 1.86. The van der Waals surface area contributed by atoms with E-state index in [0.717, 1.165) is 33.5 Å². The van der Waals surface area contributed by atoms with Gasteiger partial charge in [-0.2, -0.15) is 0 Å². The molecule has 0 aromatic heterocycles. The van der Waals surface area contributed by atoms with Crippen molar-refractivity contribution in [2.75, 3.05) is 13.7 Å². The first-order valence-electron chi connectivity index (χ1n) is 6.37. The van der Waals surface area contributed by atoms with Crippen LogP contribution in [0.3, 0.4) is 0 Å². The van der Waals surface area contributed by atoms with Crippen LogP contribution < -0.4 is 10.1 Å². The van der Waals surface area contributed by atoms with Crippen LogP contribution in [-0.4, -0.2) is 25.9 Å². The number of alkyl carbamates (subject to hydrolysis) is 1. The summed E-state index contributed by atoms with van der Waals surface area (Å²) in [7, 11) is 1.34. The Morgan fingerprint density at radius 3 is 2.95 bits per heavy atom. The van der Waals surface area contributed by atoms with Gasteiger partial charge < -0.3 is 14.8 Å². The number of hydrogen-bond acceptors (Lipinski definition) is 3. The second-order valence-electron chi connectivity index (χ2n) is 4.71. The van der Waals surface area contributed by atoms with Crippen LogP contribution >= 0.6 is 11.6 Å². The lowest BCUT2D eigenvalue weighted by Gasteiger charge is -2.12. The maximum absolute atomic E-state index is 11.1. The van der Waals surface area contributed by atoms with Crippen LogP contribution in [-0.2, 0) is 11.2 Å².